The highest BCUT2D eigenvalue weighted by atomic mass is 16.5. The molecule has 0 bridgehead atoms. The number of aryl methyl sites for hydroxylation is 3. The summed E-state index contributed by atoms with van der Waals surface area (Å²) >= 11 is 0. The molecule has 3 rings (SSSR count). The van der Waals surface area contributed by atoms with Crippen molar-refractivity contribution in [2.24, 2.45) is 7.05 Å². The molecule has 0 atom stereocenters. The topological polar surface area (TPSA) is 61.5 Å². The van der Waals surface area contributed by atoms with E-state index in [0.717, 1.165) is 22.8 Å². The van der Waals surface area contributed by atoms with Gasteiger partial charge < -0.3 is 18.9 Å². The molecule has 1 aromatic carbocycles. The summed E-state index contributed by atoms with van der Waals surface area (Å²) in [5.74, 6) is 2.03. The normalized spacial score (nSPS) is 10.8. The van der Waals surface area contributed by atoms with Gasteiger partial charge in [0.1, 0.15) is 11.4 Å². The van der Waals surface area contributed by atoms with Crippen molar-refractivity contribution in [3.8, 4) is 17.3 Å². The number of hydrogen-bond donors (Lipinski definition) is 0. The minimum atomic E-state index is -0.0575. The van der Waals surface area contributed by atoms with E-state index in [1.807, 2.05) is 58.2 Å². The second-order valence-electron chi connectivity index (χ2n) is 6.97. The van der Waals surface area contributed by atoms with Crippen molar-refractivity contribution in [2.75, 3.05) is 20.8 Å². The minimum Gasteiger partial charge on any atom is -0.493 e. The average Bonchev–Trinajstić information content (AvgIpc) is 3.26. The first-order valence-electron chi connectivity index (χ1n) is 9.58. The van der Waals surface area contributed by atoms with Gasteiger partial charge in [0.25, 0.3) is 5.91 Å². The first-order chi connectivity index (χ1) is 13.9. The summed E-state index contributed by atoms with van der Waals surface area (Å²) in [7, 11) is 5.07. The van der Waals surface area contributed by atoms with E-state index < -0.39 is 0 Å². The molecular formula is C22H28N4O3. The van der Waals surface area contributed by atoms with Crippen LogP contribution in [0.15, 0.2) is 36.5 Å². The van der Waals surface area contributed by atoms with Crippen molar-refractivity contribution in [2.45, 2.75) is 27.3 Å². The summed E-state index contributed by atoms with van der Waals surface area (Å²) in [6.45, 7) is 7.06. The van der Waals surface area contributed by atoms with Crippen molar-refractivity contribution in [1.29, 1.82) is 0 Å². The van der Waals surface area contributed by atoms with Gasteiger partial charge in [-0.3, -0.25) is 9.48 Å². The van der Waals surface area contributed by atoms with Crippen LogP contribution < -0.4 is 9.47 Å². The number of rotatable bonds is 7. The SMILES string of the molecule is CCN(Cc1ccc(OC)c(OC)c1)C(=O)c1cnn(C)c1-n1c(C)ccc1C. The third-order valence-corrected chi connectivity index (χ3v) is 5.11. The van der Waals surface area contributed by atoms with Gasteiger partial charge in [0.2, 0.25) is 0 Å². The van der Waals surface area contributed by atoms with Gasteiger partial charge in [-0.25, -0.2) is 0 Å². The smallest absolute Gasteiger partial charge is 0.259 e. The van der Waals surface area contributed by atoms with Crippen molar-refractivity contribution < 1.29 is 14.3 Å². The van der Waals surface area contributed by atoms with Crippen LogP contribution in [0.25, 0.3) is 5.82 Å². The fourth-order valence-corrected chi connectivity index (χ4v) is 3.55. The van der Waals surface area contributed by atoms with E-state index in [1.54, 1.807) is 30.0 Å². The molecule has 0 saturated carbocycles. The molecule has 0 aliphatic carbocycles. The van der Waals surface area contributed by atoms with E-state index in [2.05, 4.69) is 9.67 Å². The summed E-state index contributed by atoms with van der Waals surface area (Å²) < 4.78 is 14.5. The van der Waals surface area contributed by atoms with Gasteiger partial charge in [0.15, 0.2) is 11.5 Å². The highest BCUT2D eigenvalue weighted by Crippen LogP contribution is 2.28. The molecule has 0 spiro atoms. The Balaban J connectivity index is 1.94. The van der Waals surface area contributed by atoms with Crippen LogP contribution in [-0.2, 0) is 13.6 Å². The number of amides is 1. The third-order valence-electron chi connectivity index (χ3n) is 5.11. The Kier molecular flexibility index (Phi) is 5.96. The van der Waals surface area contributed by atoms with Crippen LogP contribution >= 0.6 is 0 Å². The van der Waals surface area contributed by atoms with Crippen LogP contribution in [0.5, 0.6) is 11.5 Å². The van der Waals surface area contributed by atoms with Crippen molar-refractivity contribution in [3.63, 3.8) is 0 Å². The van der Waals surface area contributed by atoms with Crippen LogP contribution in [0, 0.1) is 13.8 Å². The molecule has 2 heterocycles. The molecule has 0 radical (unpaired) electrons. The summed E-state index contributed by atoms with van der Waals surface area (Å²) in [6.07, 6.45) is 1.65. The Bertz CT molecular complexity index is 1000. The zero-order chi connectivity index (χ0) is 21.1. The number of ether oxygens (including phenoxy) is 2. The lowest BCUT2D eigenvalue weighted by atomic mass is 10.1. The molecule has 0 aliphatic heterocycles. The number of benzene rings is 1. The summed E-state index contributed by atoms with van der Waals surface area (Å²) in [5, 5.41) is 4.36. The molecule has 2 aromatic heterocycles. The number of hydrogen-bond acceptors (Lipinski definition) is 4. The number of aromatic nitrogens is 3. The van der Waals surface area contributed by atoms with Gasteiger partial charge in [-0.1, -0.05) is 6.07 Å². The predicted octanol–water partition coefficient (Wildman–Crippen LogP) is 3.51. The second-order valence-corrected chi connectivity index (χ2v) is 6.97. The third kappa shape index (κ3) is 3.85. The molecule has 0 N–H and O–H groups in total. The lowest BCUT2D eigenvalue weighted by Crippen LogP contribution is -2.31. The Morgan fingerprint density at radius 1 is 1.07 bits per heavy atom. The highest BCUT2D eigenvalue weighted by Gasteiger charge is 2.24. The Morgan fingerprint density at radius 3 is 2.31 bits per heavy atom. The van der Waals surface area contributed by atoms with Gasteiger partial charge >= 0.3 is 0 Å². The number of carbonyl (C=O) groups excluding carboxylic acids is 1. The Hall–Kier alpha value is -3.22. The molecular weight excluding hydrogens is 368 g/mol. The first kappa shape index (κ1) is 20.5. The van der Waals surface area contributed by atoms with Gasteiger partial charge in [-0.15, -0.1) is 0 Å². The predicted molar refractivity (Wildman–Crippen MR) is 112 cm³/mol. The lowest BCUT2D eigenvalue weighted by Gasteiger charge is -2.22. The molecule has 3 aromatic rings. The van der Waals surface area contributed by atoms with Crippen LogP contribution in [0.4, 0.5) is 0 Å². The molecule has 0 fully saturated rings. The maximum absolute atomic E-state index is 13.4. The molecule has 0 saturated heterocycles. The Morgan fingerprint density at radius 2 is 1.72 bits per heavy atom. The number of carbonyl (C=O) groups is 1. The molecule has 154 valence electrons. The minimum absolute atomic E-state index is 0.0575. The molecule has 29 heavy (non-hydrogen) atoms. The monoisotopic (exact) mass is 396 g/mol. The molecule has 7 heteroatoms. The van der Waals surface area contributed by atoms with Gasteiger partial charge in [0.05, 0.1) is 20.4 Å². The highest BCUT2D eigenvalue weighted by molar-refractivity contribution is 5.97. The summed E-state index contributed by atoms with van der Waals surface area (Å²) in [5.41, 5.74) is 3.67. The quantitative estimate of drug-likeness (QED) is 0.613. The fourth-order valence-electron chi connectivity index (χ4n) is 3.55. The van der Waals surface area contributed by atoms with E-state index in [0.29, 0.717) is 30.2 Å². The van der Waals surface area contributed by atoms with E-state index in [4.69, 9.17) is 9.47 Å². The second kappa shape index (κ2) is 8.43. The first-order valence-corrected chi connectivity index (χ1v) is 9.58. The average molecular weight is 396 g/mol. The van der Waals surface area contributed by atoms with Gasteiger partial charge in [-0.05, 0) is 50.6 Å². The zero-order valence-corrected chi connectivity index (χ0v) is 17.9. The molecule has 0 unspecified atom stereocenters. The van der Waals surface area contributed by atoms with Crippen LogP contribution in [0.1, 0.15) is 34.2 Å². The van der Waals surface area contributed by atoms with Crippen LogP contribution in [-0.4, -0.2) is 45.9 Å². The van der Waals surface area contributed by atoms with Crippen LogP contribution in [0.2, 0.25) is 0 Å². The summed E-state index contributed by atoms with van der Waals surface area (Å²) in [4.78, 5) is 15.2. The molecule has 1 amide bonds. The number of methoxy groups -OCH3 is 2. The van der Waals surface area contributed by atoms with Gasteiger partial charge in [0, 0.05) is 31.5 Å². The number of nitrogens with zero attached hydrogens (tertiary/aromatic N) is 4. The standard InChI is InChI=1S/C22H28N4O3/c1-7-25(14-17-10-11-19(28-5)20(12-17)29-6)22(27)18-13-23-24(4)21(18)26-15(2)8-9-16(26)3/h8-13H,7,14H2,1-6H3. The zero-order valence-electron chi connectivity index (χ0n) is 17.9. The van der Waals surface area contributed by atoms with Crippen molar-refractivity contribution >= 4 is 5.91 Å². The summed E-state index contributed by atoms with van der Waals surface area (Å²) in [6, 6.07) is 9.78. The van der Waals surface area contributed by atoms with Crippen LogP contribution in [0.3, 0.4) is 0 Å². The van der Waals surface area contributed by atoms with E-state index >= 15 is 0 Å². The van der Waals surface area contributed by atoms with E-state index in [9.17, 15) is 4.79 Å². The van der Waals surface area contributed by atoms with E-state index in [-0.39, 0.29) is 5.91 Å². The lowest BCUT2D eigenvalue weighted by molar-refractivity contribution is 0.0752. The van der Waals surface area contributed by atoms with Gasteiger partial charge in [-0.2, -0.15) is 5.10 Å². The largest absolute Gasteiger partial charge is 0.493 e. The molecule has 0 aliphatic rings. The maximum atomic E-state index is 13.4. The van der Waals surface area contributed by atoms with Crippen molar-refractivity contribution in [1.82, 2.24) is 19.2 Å². The van der Waals surface area contributed by atoms with E-state index in [1.165, 1.54) is 0 Å². The van der Waals surface area contributed by atoms with Crippen molar-refractivity contribution in [3.05, 3.63) is 59.0 Å². The molecule has 7 nitrogen and oxygen atoms in total. The Labute approximate surface area is 171 Å². The fraction of sp³-hybridized carbons (Fsp3) is 0.364. The maximum Gasteiger partial charge on any atom is 0.259 e.